The molecule has 3 rings (SSSR count). The smallest absolute Gasteiger partial charge is 0.293 e. The number of ether oxygens (including phenoxy) is 1. The van der Waals surface area contributed by atoms with Crippen molar-refractivity contribution in [1.29, 1.82) is 0 Å². The van der Waals surface area contributed by atoms with Crippen LogP contribution in [0.2, 0.25) is 0 Å². The van der Waals surface area contributed by atoms with Crippen LogP contribution in [0.3, 0.4) is 0 Å². The second kappa shape index (κ2) is 6.71. The standard InChI is InChI=1S/C18H15NO3S/c1-19-17(20)16(23-18(19)21)11-13-7-9-15(10-8-13)22-12-14-5-3-2-4-6-14/h2-11H,12H2,1H3/b16-11-. The zero-order valence-electron chi connectivity index (χ0n) is 12.6. The molecule has 0 bridgehead atoms. The number of benzene rings is 2. The minimum atomic E-state index is -0.260. The molecule has 116 valence electrons. The maximum atomic E-state index is 11.8. The van der Waals surface area contributed by atoms with Crippen molar-refractivity contribution in [2.24, 2.45) is 0 Å². The van der Waals surface area contributed by atoms with Crippen LogP contribution in [-0.2, 0) is 11.4 Å². The summed E-state index contributed by atoms with van der Waals surface area (Å²) in [6.45, 7) is 0.509. The molecule has 1 heterocycles. The van der Waals surface area contributed by atoms with E-state index in [1.807, 2.05) is 54.6 Å². The van der Waals surface area contributed by atoms with Gasteiger partial charge in [-0.3, -0.25) is 14.5 Å². The highest BCUT2D eigenvalue weighted by atomic mass is 32.2. The first-order valence-corrected chi connectivity index (χ1v) is 7.93. The van der Waals surface area contributed by atoms with Gasteiger partial charge in [0.15, 0.2) is 0 Å². The van der Waals surface area contributed by atoms with Crippen LogP contribution in [0.25, 0.3) is 6.08 Å². The molecular formula is C18H15NO3S. The molecule has 0 spiro atoms. The molecule has 0 aliphatic carbocycles. The van der Waals surface area contributed by atoms with E-state index in [4.69, 9.17) is 4.74 Å². The van der Waals surface area contributed by atoms with Gasteiger partial charge in [-0.05, 0) is 41.1 Å². The third-order valence-electron chi connectivity index (χ3n) is 3.41. The van der Waals surface area contributed by atoms with E-state index in [1.165, 1.54) is 7.05 Å². The molecule has 1 aliphatic rings. The van der Waals surface area contributed by atoms with Gasteiger partial charge in [0.1, 0.15) is 12.4 Å². The first-order valence-electron chi connectivity index (χ1n) is 7.12. The number of imide groups is 1. The molecule has 0 radical (unpaired) electrons. The molecule has 1 fully saturated rings. The number of thioether (sulfide) groups is 1. The Balaban J connectivity index is 1.66. The molecule has 0 N–H and O–H groups in total. The summed E-state index contributed by atoms with van der Waals surface area (Å²) in [6, 6.07) is 17.4. The predicted octanol–water partition coefficient (Wildman–Crippen LogP) is 3.93. The van der Waals surface area contributed by atoms with Gasteiger partial charge in [0, 0.05) is 7.05 Å². The quantitative estimate of drug-likeness (QED) is 0.799. The average molecular weight is 325 g/mol. The Morgan fingerprint density at radius 1 is 1.04 bits per heavy atom. The Labute approximate surface area is 138 Å². The Kier molecular flexibility index (Phi) is 4.48. The molecule has 1 saturated heterocycles. The summed E-state index contributed by atoms with van der Waals surface area (Å²) in [5.74, 6) is 0.499. The average Bonchev–Trinajstić information content (AvgIpc) is 2.82. The number of carbonyl (C=O) groups is 2. The molecule has 0 aromatic heterocycles. The van der Waals surface area contributed by atoms with E-state index >= 15 is 0 Å². The SMILES string of the molecule is CN1C(=O)S/C(=C\c2ccc(OCc3ccccc3)cc2)C1=O. The molecule has 0 atom stereocenters. The number of amides is 2. The molecule has 23 heavy (non-hydrogen) atoms. The van der Waals surface area contributed by atoms with Crippen molar-refractivity contribution in [3.63, 3.8) is 0 Å². The Bertz CT molecular complexity index is 754. The van der Waals surface area contributed by atoms with E-state index in [9.17, 15) is 9.59 Å². The first-order chi connectivity index (χ1) is 11.1. The second-order valence-corrected chi connectivity index (χ2v) is 6.08. The van der Waals surface area contributed by atoms with Crippen LogP contribution in [0, 0.1) is 0 Å². The number of likely N-dealkylation sites (N-methyl/N-ethyl adjacent to an activating group) is 1. The fourth-order valence-corrected chi connectivity index (χ4v) is 2.93. The van der Waals surface area contributed by atoms with Crippen LogP contribution in [0.1, 0.15) is 11.1 Å². The number of hydrogen-bond acceptors (Lipinski definition) is 4. The van der Waals surface area contributed by atoms with Gasteiger partial charge in [0.05, 0.1) is 4.91 Å². The maximum absolute atomic E-state index is 11.8. The Morgan fingerprint density at radius 3 is 2.35 bits per heavy atom. The number of carbonyl (C=O) groups excluding carboxylic acids is 2. The highest BCUT2D eigenvalue weighted by Gasteiger charge is 2.31. The minimum absolute atomic E-state index is 0.246. The van der Waals surface area contributed by atoms with Crippen molar-refractivity contribution in [2.45, 2.75) is 6.61 Å². The summed E-state index contributed by atoms with van der Waals surface area (Å²) < 4.78 is 5.72. The van der Waals surface area contributed by atoms with E-state index in [-0.39, 0.29) is 11.1 Å². The van der Waals surface area contributed by atoms with E-state index < -0.39 is 0 Å². The van der Waals surface area contributed by atoms with Crippen molar-refractivity contribution < 1.29 is 14.3 Å². The molecule has 0 unspecified atom stereocenters. The summed E-state index contributed by atoms with van der Waals surface area (Å²) in [7, 11) is 1.49. The van der Waals surface area contributed by atoms with E-state index in [2.05, 4.69) is 0 Å². The summed E-state index contributed by atoms with van der Waals surface area (Å²) in [4.78, 5) is 24.9. The normalized spacial score (nSPS) is 16.2. The number of hydrogen-bond donors (Lipinski definition) is 0. The Morgan fingerprint density at radius 2 is 1.74 bits per heavy atom. The van der Waals surface area contributed by atoms with Crippen molar-refractivity contribution >= 4 is 29.0 Å². The molecule has 5 heteroatoms. The number of rotatable bonds is 4. The molecular weight excluding hydrogens is 310 g/mol. The lowest BCUT2D eigenvalue weighted by atomic mass is 10.2. The van der Waals surface area contributed by atoms with Crippen LogP contribution >= 0.6 is 11.8 Å². The van der Waals surface area contributed by atoms with E-state index in [0.717, 1.165) is 33.5 Å². The lowest BCUT2D eigenvalue weighted by Gasteiger charge is -2.06. The topological polar surface area (TPSA) is 46.6 Å². The fraction of sp³-hybridized carbons (Fsp3) is 0.111. The zero-order chi connectivity index (χ0) is 16.2. The van der Waals surface area contributed by atoms with Gasteiger partial charge < -0.3 is 4.74 Å². The summed E-state index contributed by atoms with van der Waals surface area (Å²) in [6.07, 6.45) is 1.72. The van der Waals surface area contributed by atoms with Crippen LogP contribution in [-0.4, -0.2) is 23.1 Å². The van der Waals surface area contributed by atoms with Crippen molar-refractivity contribution in [3.05, 3.63) is 70.6 Å². The molecule has 4 nitrogen and oxygen atoms in total. The molecule has 2 aromatic rings. The summed E-state index contributed by atoms with van der Waals surface area (Å²) >= 11 is 0.956. The molecule has 2 aromatic carbocycles. The van der Waals surface area contributed by atoms with Gasteiger partial charge in [-0.15, -0.1) is 0 Å². The van der Waals surface area contributed by atoms with Gasteiger partial charge in [0.25, 0.3) is 11.1 Å². The van der Waals surface area contributed by atoms with Crippen molar-refractivity contribution in [1.82, 2.24) is 4.90 Å². The highest BCUT2D eigenvalue weighted by Crippen LogP contribution is 2.31. The van der Waals surface area contributed by atoms with Crippen LogP contribution in [0.4, 0.5) is 4.79 Å². The van der Waals surface area contributed by atoms with Gasteiger partial charge in [0.2, 0.25) is 0 Å². The van der Waals surface area contributed by atoms with Crippen molar-refractivity contribution in [3.8, 4) is 5.75 Å². The Hall–Kier alpha value is -2.53. The van der Waals surface area contributed by atoms with Gasteiger partial charge in [-0.1, -0.05) is 42.5 Å². The number of nitrogens with zero attached hydrogens (tertiary/aromatic N) is 1. The van der Waals surface area contributed by atoms with Gasteiger partial charge >= 0.3 is 0 Å². The lowest BCUT2D eigenvalue weighted by molar-refractivity contribution is -0.121. The molecule has 0 saturated carbocycles. The fourth-order valence-electron chi connectivity index (χ4n) is 2.10. The molecule has 2 amide bonds. The van der Waals surface area contributed by atoms with E-state index in [0.29, 0.717) is 11.5 Å². The van der Waals surface area contributed by atoms with Gasteiger partial charge in [-0.2, -0.15) is 0 Å². The van der Waals surface area contributed by atoms with Crippen LogP contribution in [0.5, 0.6) is 5.75 Å². The first kappa shape index (κ1) is 15.4. The second-order valence-electron chi connectivity index (χ2n) is 5.08. The van der Waals surface area contributed by atoms with Gasteiger partial charge in [-0.25, -0.2) is 0 Å². The lowest BCUT2D eigenvalue weighted by Crippen LogP contribution is -2.22. The zero-order valence-corrected chi connectivity index (χ0v) is 13.4. The highest BCUT2D eigenvalue weighted by molar-refractivity contribution is 8.18. The van der Waals surface area contributed by atoms with Crippen LogP contribution < -0.4 is 4.74 Å². The third-order valence-corrected chi connectivity index (χ3v) is 4.37. The largest absolute Gasteiger partial charge is 0.489 e. The minimum Gasteiger partial charge on any atom is -0.489 e. The molecule has 1 aliphatic heterocycles. The summed E-state index contributed by atoms with van der Waals surface area (Å²) in [5, 5.41) is -0.246. The maximum Gasteiger partial charge on any atom is 0.293 e. The van der Waals surface area contributed by atoms with E-state index in [1.54, 1.807) is 6.08 Å². The van der Waals surface area contributed by atoms with Crippen LogP contribution in [0.15, 0.2) is 59.5 Å². The third kappa shape index (κ3) is 3.63. The monoisotopic (exact) mass is 325 g/mol. The predicted molar refractivity (Wildman–Crippen MR) is 91.0 cm³/mol. The summed E-state index contributed by atoms with van der Waals surface area (Å²) in [5.41, 5.74) is 1.96. The van der Waals surface area contributed by atoms with Crippen molar-refractivity contribution in [2.75, 3.05) is 7.05 Å².